The second-order valence-corrected chi connectivity index (χ2v) is 2.63. The summed E-state index contributed by atoms with van der Waals surface area (Å²) in [6.07, 6.45) is 0.788. The third-order valence-electron chi connectivity index (χ3n) is 1.89. The first-order valence-corrected chi connectivity index (χ1v) is 4.29. The highest BCUT2D eigenvalue weighted by Crippen LogP contribution is 2.21. The molecule has 0 atom stereocenters. The first kappa shape index (κ1) is 9.70. The van der Waals surface area contributed by atoms with Gasteiger partial charge in [0.25, 0.3) is 0 Å². The fraction of sp³-hybridized carbons (Fsp3) is 0.625. The molecule has 5 nitrogen and oxygen atoms in total. The van der Waals surface area contributed by atoms with Gasteiger partial charge in [-0.2, -0.15) is 0 Å². The zero-order chi connectivity index (χ0) is 9.84. The molecule has 0 aliphatic carbocycles. The van der Waals surface area contributed by atoms with Gasteiger partial charge in [-0.3, -0.25) is 0 Å². The van der Waals surface area contributed by atoms with Crippen molar-refractivity contribution in [3.8, 4) is 5.88 Å². The van der Waals surface area contributed by atoms with Crippen LogP contribution in [0.5, 0.6) is 5.88 Å². The van der Waals surface area contributed by atoms with Gasteiger partial charge in [-0.05, 0) is 20.3 Å². The fourth-order valence-electron chi connectivity index (χ4n) is 1.24. The van der Waals surface area contributed by atoms with E-state index in [0.29, 0.717) is 12.5 Å². The third-order valence-corrected chi connectivity index (χ3v) is 1.89. The average Bonchev–Trinajstić information content (AvgIpc) is 2.43. The van der Waals surface area contributed by atoms with Gasteiger partial charge >= 0.3 is 0 Å². The molecule has 0 amide bonds. The van der Waals surface area contributed by atoms with E-state index in [1.165, 1.54) is 0 Å². The largest absolute Gasteiger partial charge is 0.477 e. The molecule has 0 saturated heterocycles. The van der Waals surface area contributed by atoms with Crippen LogP contribution in [0.4, 0.5) is 0 Å². The molecular formula is C8H13N3O2. The van der Waals surface area contributed by atoms with Crippen molar-refractivity contribution in [2.45, 2.75) is 27.2 Å². The van der Waals surface area contributed by atoms with Crippen molar-refractivity contribution in [1.82, 2.24) is 9.89 Å². The molecule has 0 fully saturated rings. The van der Waals surface area contributed by atoms with Crippen LogP contribution in [0.1, 0.15) is 25.1 Å². The van der Waals surface area contributed by atoms with Crippen LogP contribution in [0.15, 0.2) is 5.29 Å². The van der Waals surface area contributed by atoms with Gasteiger partial charge in [-0.25, -0.2) is 0 Å². The fourth-order valence-corrected chi connectivity index (χ4v) is 1.24. The van der Waals surface area contributed by atoms with Gasteiger partial charge in [0.15, 0.2) is 0 Å². The molecular weight excluding hydrogens is 170 g/mol. The highest BCUT2D eigenvalue weighted by Gasteiger charge is 2.13. The Labute approximate surface area is 76.6 Å². The standard InChI is InChI=1S/C8H13N3O2/c1-4-7-6(3)11(10-12)9-8(7)13-5-2/h4-5H2,1-3H3. The Balaban J connectivity index is 3.11. The van der Waals surface area contributed by atoms with E-state index in [1.807, 2.05) is 13.8 Å². The monoisotopic (exact) mass is 183 g/mol. The second kappa shape index (κ2) is 4.02. The van der Waals surface area contributed by atoms with Crippen LogP contribution >= 0.6 is 0 Å². The molecule has 0 bridgehead atoms. The van der Waals surface area contributed by atoms with E-state index >= 15 is 0 Å². The van der Waals surface area contributed by atoms with E-state index in [4.69, 9.17) is 4.74 Å². The van der Waals surface area contributed by atoms with Gasteiger partial charge in [0.05, 0.1) is 17.6 Å². The van der Waals surface area contributed by atoms with Crippen molar-refractivity contribution < 1.29 is 4.74 Å². The number of rotatable bonds is 4. The van der Waals surface area contributed by atoms with Crippen LogP contribution in [0.25, 0.3) is 0 Å². The number of aromatic nitrogens is 2. The van der Waals surface area contributed by atoms with Crippen molar-refractivity contribution in [3.05, 3.63) is 16.2 Å². The molecule has 0 saturated carbocycles. The summed E-state index contributed by atoms with van der Waals surface area (Å²) in [7, 11) is 0. The van der Waals surface area contributed by atoms with Crippen molar-refractivity contribution in [2.75, 3.05) is 6.61 Å². The summed E-state index contributed by atoms with van der Waals surface area (Å²) in [5.41, 5.74) is 1.70. The average molecular weight is 183 g/mol. The number of hydrogen-bond donors (Lipinski definition) is 0. The van der Waals surface area contributed by atoms with Gasteiger partial charge in [0.2, 0.25) is 5.88 Å². The Kier molecular flexibility index (Phi) is 3.00. The van der Waals surface area contributed by atoms with E-state index in [1.54, 1.807) is 6.92 Å². The molecule has 0 N–H and O–H groups in total. The van der Waals surface area contributed by atoms with Gasteiger partial charge in [-0.1, -0.05) is 6.92 Å². The molecule has 0 radical (unpaired) electrons. The van der Waals surface area contributed by atoms with Crippen molar-refractivity contribution >= 4 is 0 Å². The lowest BCUT2D eigenvalue weighted by Gasteiger charge is -1.99. The van der Waals surface area contributed by atoms with Crippen molar-refractivity contribution in [3.63, 3.8) is 0 Å². The number of hydrogen-bond acceptors (Lipinski definition) is 4. The quantitative estimate of drug-likeness (QED) is 0.667. The Morgan fingerprint density at radius 3 is 2.69 bits per heavy atom. The summed E-state index contributed by atoms with van der Waals surface area (Å²) in [5.74, 6) is 0.516. The summed E-state index contributed by atoms with van der Waals surface area (Å²) in [6.45, 7) is 6.21. The topological polar surface area (TPSA) is 56.5 Å². The maximum Gasteiger partial charge on any atom is 0.238 e. The Morgan fingerprint density at radius 1 is 1.54 bits per heavy atom. The molecule has 1 aromatic rings. The normalized spacial score (nSPS) is 10.1. The Morgan fingerprint density at radius 2 is 2.23 bits per heavy atom. The molecule has 0 spiro atoms. The van der Waals surface area contributed by atoms with Crippen LogP contribution in [-0.4, -0.2) is 16.5 Å². The smallest absolute Gasteiger partial charge is 0.238 e. The zero-order valence-electron chi connectivity index (χ0n) is 8.07. The highest BCUT2D eigenvalue weighted by molar-refractivity contribution is 5.30. The van der Waals surface area contributed by atoms with Gasteiger partial charge in [-0.15, -0.1) is 14.8 Å². The maximum absolute atomic E-state index is 10.3. The summed E-state index contributed by atoms with van der Waals surface area (Å²) in [4.78, 5) is 11.4. The van der Waals surface area contributed by atoms with Gasteiger partial charge in [0, 0.05) is 5.56 Å². The Bertz CT molecular complexity index is 307. The summed E-state index contributed by atoms with van der Waals surface area (Å²) in [5, 5.41) is 6.66. The molecule has 1 rings (SSSR count). The van der Waals surface area contributed by atoms with E-state index in [0.717, 1.165) is 22.5 Å². The zero-order valence-corrected chi connectivity index (χ0v) is 8.07. The van der Waals surface area contributed by atoms with E-state index in [2.05, 4.69) is 10.4 Å². The molecule has 0 aliphatic heterocycles. The minimum Gasteiger partial charge on any atom is -0.477 e. The number of nitroso groups, excluding NO2 is 1. The van der Waals surface area contributed by atoms with Gasteiger partial charge in [0.1, 0.15) is 0 Å². The van der Waals surface area contributed by atoms with E-state index in [-0.39, 0.29) is 0 Å². The molecule has 1 heterocycles. The first-order chi connectivity index (χ1) is 6.24. The first-order valence-electron chi connectivity index (χ1n) is 4.29. The van der Waals surface area contributed by atoms with Crippen LogP contribution in [0, 0.1) is 11.8 Å². The van der Waals surface area contributed by atoms with Crippen molar-refractivity contribution in [2.24, 2.45) is 5.29 Å². The second-order valence-electron chi connectivity index (χ2n) is 2.63. The minimum absolute atomic E-state index is 0.516. The molecule has 1 aromatic heterocycles. The molecule has 0 aromatic carbocycles. The van der Waals surface area contributed by atoms with Crippen LogP contribution in [-0.2, 0) is 6.42 Å². The number of ether oxygens (including phenoxy) is 1. The van der Waals surface area contributed by atoms with E-state index < -0.39 is 0 Å². The predicted molar refractivity (Wildman–Crippen MR) is 48.7 cm³/mol. The van der Waals surface area contributed by atoms with Crippen LogP contribution in [0.2, 0.25) is 0 Å². The van der Waals surface area contributed by atoms with E-state index in [9.17, 15) is 4.91 Å². The summed E-state index contributed by atoms with van der Waals surface area (Å²) < 4.78 is 5.26. The molecule has 13 heavy (non-hydrogen) atoms. The molecule has 0 unspecified atom stereocenters. The maximum atomic E-state index is 10.3. The summed E-state index contributed by atoms with van der Waals surface area (Å²) >= 11 is 0. The highest BCUT2D eigenvalue weighted by atomic mass is 16.5. The minimum atomic E-state index is 0.516. The van der Waals surface area contributed by atoms with Crippen LogP contribution in [0.3, 0.4) is 0 Å². The van der Waals surface area contributed by atoms with Gasteiger partial charge < -0.3 is 4.74 Å². The SMILES string of the molecule is CCOc1nn(N=O)c(C)c1CC. The predicted octanol–water partition coefficient (Wildman–Crippen LogP) is 1.68. The summed E-state index contributed by atoms with van der Waals surface area (Å²) in [6, 6.07) is 0. The lowest BCUT2D eigenvalue weighted by atomic mass is 10.2. The number of nitrogens with zero attached hydrogens (tertiary/aromatic N) is 3. The lowest BCUT2D eigenvalue weighted by molar-refractivity contribution is 0.320. The molecule has 5 heteroatoms. The Hall–Kier alpha value is -1.39. The molecule has 0 aliphatic rings. The lowest BCUT2D eigenvalue weighted by Crippen LogP contribution is -1.95. The third kappa shape index (κ3) is 1.68. The van der Waals surface area contributed by atoms with Crippen LogP contribution < -0.4 is 4.74 Å². The van der Waals surface area contributed by atoms with Crippen molar-refractivity contribution in [1.29, 1.82) is 0 Å². The molecule has 72 valence electrons.